The summed E-state index contributed by atoms with van der Waals surface area (Å²) in [5, 5.41) is 10.2. The van der Waals surface area contributed by atoms with Gasteiger partial charge in [-0.1, -0.05) is 30.3 Å². The number of amides is 1. The third-order valence-electron chi connectivity index (χ3n) is 5.39. The van der Waals surface area contributed by atoms with E-state index in [9.17, 15) is 4.79 Å². The molecule has 0 radical (unpaired) electrons. The minimum absolute atomic E-state index is 0.00398. The number of carbonyl (C=O) groups excluding carboxylic acids is 1. The highest BCUT2D eigenvalue weighted by atomic mass is 16.1. The van der Waals surface area contributed by atoms with Crippen molar-refractivity contribution in [2.24, 2.45) is 5.92 Å². The van der Waals surface area contributed by atoms with Gasteiger partial charge in [-0.25, -0.2) is 0 Å². The summed E-state index contributed by atoms with van der Waals surface area (Å²) in [6.45, 7) is 2.49. The second kappa shape index (κ2) is 7.09. The van der Waals surface area contributed by atoms with Crippen molar-refractivity contribution in [3.63, 3.8) is 0 Å². The number of hydrogen-bond acceptors (Lipinski definition) is 4. The van der Waals surface area contributed by atoms with E-state index < -0.39 is 0 Å². The smallest absolute Gasteiger partial charge is 0.251 e. The zero-order valence-electron chi connectivity index (χ0n) is 15.3. The van der Waals surface area contributed by atoms with Crippen LogP contribution in [0.15, 0.2) is 48.5 Å². The number of nitrogens with one attached hydrogen (secondary N) is 3. The lowest BCUT2D eigenvalue weighted by molar-refractivity contribution is 0.0950. The van der Waals surface area contributed by atoms with Gasteiger partial charge in [-0.15, -0.1) is 0 Å². The molecular weight excluding hydrogens is 324 g/mol. The van der Waals surface area contributed by atoms with Gasteiger partial charge in [-0.05, 0) is 43.4 Å². The average molecular weight is 350 g/mol. The van der Waals surface area contributed by atoms with Crippen LogP contribution >= 0.6 is 0 Å². The maximum Gasteiger partial charge on any atom is 0.251 e. The van der Waals surface area contributed by atoms with E-state index >= 15 is 0 Å². The predicted octanol–water partition coefficient (Wildman–Crippen LogP) is 2.41. The fraction of sp³-hybridized carbons (Fsp3) is 0.381. The molecule has 26 heavy (non-hydrogen) atoms. The van der Waals surface area contributed by atoms with Crippen LogP contribution in [-0.4, -0.2) is 44.5 Å². The van der Waals surface area contributed by atoms with Crippen LogP contribution in [0.2, 0.25) is 0 Å². The topological polar surface area (TPSA) is 56.4 Å². The van der Waals surface area contributed by atoms with Gasteiger partial charge < -0.3 is 20.9 Å². The molecule has 0 spiro atoms. The number of hydrogen-bond donors (Lipinski definition) is 3. The highest BCUT2D eigenvalue weighted by Crippen LogP contribution is 2.47. The first-order valence-electron chi connectivity index (χ1n) is 9.25. The summed E-state index contributed by atoms with van der Waals surface area (Å²) >= 11 is 0. The fourth-order valence-electron chi connectivity index (χ4n) is 3.88. The van der Waals surface area contributed by atoms with Crippen LogP contribution in [0.1, 0.15) is 33.6 Å². The quantitative estimate of drug-likeness (QED) is 0.775. The Morgan fingerprint density at radius 3 is 2.65 bits per heavy atom. The van der Waals surface area contributed by atoms with Crippen LogP contribution in [0.3, 0.4) is 0 Å². The van der Waals surface area contributed by atoms with E-state index in [2.05, 4.69) is 51.2 Å². The molecule has 4 rings (SSSR count). The fourth-order valence-corrected chi connectivity index (χ4v) is 3.88. The van der Waals surface area contributed by atoms with Crippen LogP contribution in [0.4, 0.5) is 5.69 Å². The van der Waals surface area contributed by atoms with Crippen LogP contribution in [-0.2, 0) is 0 Å². The Bertz CT molecular complexity index is 790. The molecule has 2 aliphatic rings. The predicted molar refractivity (Wildman–Crippen MR) is 104 cm³/mol. The average Bonchev–Trinajstić information content (AvgIpc) is 2.61. The summed E-state index contributed by atoms with van der Waals surface area (Å²) in [4.78, 5) is 14.5. The Morgan fingerprint density at radius 2 is 1.96 bits per heavy atom. The van der Waals surface area contributed by atoms with Gasteiger partial charge >= 0.3 is 0 Å². The molecule has 1 unspecified atom stereocenters. The van der Waals surface area contributed by atoms with Gasteiger partial charge in [-0.2, -0.15) is 0 Å². The standard InChI is InChI=1S/C21H26N4O/c1-25(2)11-10-22-21(26)15-8-9-18-16(12-15)20-17(13-23-20)19(24-18)14-6-4-3-5-7-14/h3-9,12,17,19-20,23-24H,10-11,13H2,1-2H3,(H,22,26)/t17-,19?,20+/m0/s1. The van der Waals surface area contributed by atoms with Crippen molar-refractivity contribution < 1.29 is 4.79 Å². The van der Waals surface area contributed by atoms with E-state index in [0.29, 0.717) is 24.5 Å². The Balaban J connectivity index is 1.53. The molecule has 0 saturated carbocycles. The number of benzene rings is 2. The second-order valence-corrected chi connectivity index (χ2v) is 7.44. The van der Waals surface area contributed by atoms with E-state index in [4.69, 9.17) is 0 Å². The molecule has 5 heteroatoms. The van der Waals surface area contributed by atoms with Gasteiger partial charge in [0.15, 0.2) is 0 Å². The van der Waals surface area contributed by atoms with E-state index in [1.165, 1.54) is 11.1 Å². The van der Waals surface area contributed by atoms with Crippen LogP contribution in [0, 0.1) is 5.92 Å². The summed E-state index contributed by atoms with van der Waals surface area (Å²) in [6, 6.07) is 17.2. The van der Waals surface area contributed by atoms with Crippen LogP contribution in [0.5, 0.6) is 0 Å². The molecular formula is C21H26N4O. The molecule has 136 valence electrons. The number of anilines is 1. The van der Waals surface area contributed by atoms with Crippen molar-refractivity contribution in [2.75, 3.05) is 39.0 Å². The van der Waals surface area contributed by atoms with E-state index in [-0.39, 0.29) is 5.91 Å². The molecule has 0 bridgehead atoms. The molecule has 2 aliphatic heterocycles. The van der Waals surface area contributed by atoms with Crippen molar-refractivity contribution in [3.8, 4) is 0 Å². The Kier molecular flexibility index (Phi) is 4.66. The molecule has 2 aromatic rings. The Hall–Kier alpha value is -2.37. The zero-order chi connectivity index (χ0) is 18.1. The third-order valence-corrected chi connectivity index (χ3v) is 5.39. The lowest BCUT2D eigenvalue weighted by atomic mass is 9.74. The first kappa shape index (κ1) is 17.1. The van der Waals surface area contributed by atoms with Crippen molar-refractivity contribution in [2.45, 2.75) is 12.1 Å². The summed E-state index contributed by atoms with van der Waals surface area (Å²) in [5.74, 6) is 0.507. The Morgan fingerprint density at radius 1 is 1.15 bits per heavy atom. The van der Waals surface area contributed by atoms with Gasteiger partial charge in [0.25, 0.3) is 5.91 Å². The summed E-state index contributed by atoms with van der Waals surface area (Å²) in [5.41, 5.74) is 4.38. The molecule has 1 amide bonds. The van der Waals surface area contributed by atoms with Crippen molar-refractivity contribution in [3.05, 3.63) is 65.2 Å². The van der Waals surface area contributed by atoms with Crippen molar-refractivity contribution >= 4 is 11.6 Å². The molecule has 2 heterocycles. The third kappa shape index (κ3) is 3.20. The molecule has 5 nitrogen and oxygen atoms in total. The van der Waals surface area contributed by atoms with Gasteiger partial charge in [0, 0.05) is 42.8 Å². The number of fused-ring (bicyclic) bond motifs is 3. The SMILES string of the molecule is CN(C)CCNC(=O)c1ccc2c(c1)[C@H]1NC[C@H]1C(c1ccccc1)N2. The normalized spacial score (nSPS) is 23.4. The highest BCUT2D eigenvalue weighted by Gasteiger charge is 2.43. The second-order valence-electron chi connectivity index (χ2n) is 7.44. The van der Waals surface area contributed by atoms with E-state index in [0.717, 1.165) is 24.3 Å². The number of rotatable bonds is 5. The maximum absolute atomic E-state index is 12.4. The monoisotopic (exact) mass is 350 g/mol. The number of likely N-dealkylation sites (N-methyl/N-ethyl adjacent to an activating group) is 1. The van der Waals surface area contributed by atoms with Gasteiger partial charge in [-0.3, -0.25) is 4.79 Å². The molecule has 1 fully saturated rings. The van der Waals surface area contributed by atoms with Crippen molar-refractivity contribution in [1.29, 1.82) is 0 Å². The first-order valence-corrected chi connectivity index (χ1v) is 9.25. The lowest BCUT2D eigenvalue weighted by Gasteiger charge is -2.48. The molecule has 2 aromatic carbocycles. The van der Waals surface area contributed by atoms with Gasteiger partial charge in [0.1, 0.15) is 0 Å². The molecule has 1 saturated heterocycles. The minimum atomic E-state index is -0.00398. The largest absolute Gasteiger partial charge is 0.378 e. The van der Waals surface area contributed by atoms with Gasteiger partial charge in [0.2, 0.25) is 0 Å². The first-order chi connectivity index (χ1) is 12.6. The molecule has 3 N–H and O–H groups in total. The lowest BCUT2D eigenvalue weighted by Crippen LogP contribution is -2.52. The van der Waals surface area contributed by atoms with Crippen LogP contribution in [0.25, 0.3) is 0 Å². The molecule has 0 aliphatic carbocycles. The van der Waals surface area contributed by atoms with Crippen molar-refractivity contribution in [1.82, 2.24) is 15.5 Å². The summed E-state index contributed by atoms with van der Waals surface area (Å²) < 4.78 is 0. The maximum atomic E-state index is 12.4. The summed E-state index contributed by atoms with van der Waals surface area (Å²) in [7, 11) is 4.00. The van der Waals surface area contributed by atoms with E-state index in [1.54, 1.807) is 0 Å². The van der Waals surface area contributed by atoms with Crippen LogP contribution < -0.4 is 16.0 Å². The Labute approximate surface area is 154 Å². The number of nitrogens with zero attached hydrogens (tertiary/aromatic N) is 1. The highest BCUT2D eigenvalue weighted by molar-refractivity contribution is 5.95. The zero-order valence-corrected chi connectivity index (χ0v) is 15.3. The molecule has 0 aromatic heterocycles. The van der Waals surface area contributed by atoms with Gasteiger partial charge in [0.05, 0.1) is 6.04 Å². The number of carbonyl (C=O) groups is 1. The summed E-state index contributed by atoms with van der Waals surface area (Å²) in [6.07, 6.45) is 0. The minimum Gasteiger partial charge on any atom is -0.378 e. The van der Waals surface area contributed by atoms with E-state index in [1.807, 2.05) is 32.3 Å². The molecule has 3 atom stereocenters.